The van der Waals surface area contributed by atoms with E-state index in [1.807, 2.05) is 19.1 Å². The fraction of sp³-hybridized carbons (Fsp3) is 0.526. The number of aromatic nitrogens is 2. The first-order valence-corrected chi connectivity index (χ1v) is 12.1. The molecule has 0 aliphatic carbocycles. The summed E-state index contributed by atoms with van der Waals surface area (Å²) in [6.07, 6.45) is 4.96. The van der Waals surface area contributed by atoms with Crippen molar-refractivity contribution in [3.63, 3.8) is 0 Å². The van der Waals surface area contributed by atoms with E-state index in [9.17, 15) is 4.79 Å². The zero-order valence-corrected chi connectivity index (χ0v) is 18.3. The molecule has 1 aromatic heterocycles. The molecule has 1 aliphatic heterocycles. The van der Waals surface area contributed by atoms with E-state index in [2.05, 4.69) is 39.5 Å². The summed E-state index contributed by atoms with van der Waals surface area (Å²) < 4.78 is 1.82. The second kappa shape index (κ2) is 10.3. The van der Waals surface area contributed by atoms with E-state index in [0.717, 1.165) is 39.6 Å². The Morgan fingerprint density at radius 2 is 1.89 bits per heavy atom. The topological polar surface area (TPSA) is 58.1 Å². The van der Waals surface area contributed by atoms with Crippen LogP contribution in [0.15, 0.2) is 32.9 Å². The molecule has 1 unspecified atom stereocenters. The molecule has 0 saturated carbocycles. The smallest absolute Gasteiger partial charge is 0.237 e. The predicted octanol–water partition coefficient (Wildman–Crippen LogP) is 5.15. The summed E-state index contributed by atoms with van der Waals surface area (Å²) in [4.78, 5) is 14.9. The summed E-state index contributed by atoms with van der Waals surface area (Å²) in [6.45, 7) is 6.30. The van der Waals surface area contributed by atoms with Gasteiger partial charge in [-0.25, -0.2) is 0 Å². The lowest BCUT2D eigenvalue weighted by Crippen LogP contribution is -2.29. The standard InChI is InChI=1S/C19H26N4OS3/c1-3-13-25-18-21-22-19(27-18)26-14(2)17(24)20-15-7-9-16(10-8-15)23-11-5-4-6-12-23/h7-10,14H,3-6,11-13H2,1-2H3,(H,20,24). The Labute approximate surface area is 173 Å². The van der Waals surface area contributed by atoms with Crippen LogP contribution in [0.2, 0.25) is 0 Å². The Hall–Kier alpha value is -1.25. The van der Waals surface area contributed by atoms with Gasteiger partial charge in [0.25, 0.3) is 0 Å². The Morgan fingerprint density at radius 1 is 1.19 bits per heavy atom. The molecule has 1 atom stereocenters. The van der Waals surface area contributed by atoms with Crippen molar-refractivity contribution in [2.75, 3.05) is 29.1 Å². The molecule has 8 heteroatoms. The number of carbonyl (C=O) groups is 1. The highest BCUT2D eigenvalue weighted by Gasteiger charge is 2.18. The maximum Gasteiger partial charge on any atom is 0.237 e. The van der Waals surface area contributed by atoms with Crippen molar-refractivity contribution in [1.82, 2.24) is 10.2 Å². The minimum absolute atomic E-state index is 0.0105. The molecular weight excluding hydrogens is 396 g/mol. The first kappa shape index (κ1) is 20.5. The van der Waals surface area contributed by atoms with Crippen molar-refractivity contribution in [2.24, 2.45) is 0 Å². The van der Waals surface area contributed by atoms with E-state index in [1.54, 1.807) is 23.1 Å². The number of benzene rings is 1. The molecule has 146 valence electrons. The molecule has 2 heterocycles. The van der Waals surface area contributed by atoms with Crippen LogP contribution < -0.4 is 10.2 Å². The maximum absolute atomic E-state index is 12.5. The van der Waals surface area contributed by atoms with Gasteiger partial charge in [-0.15, -0.1) is 10.2 Å². The molecule has 1 fully saturated rings. The van der Waals surface area contributed by atoms with Crippen LogP contribution in [0.25, 0.3) is 0 Å². The largest absolute Gasteiger partial charge is 0.372 e. The Bertz CT molecular complexity index is 729. The van der Waals surface area contributed by atoms with Gasteiger partial charge in [-0.3, -0.25) is 4.79 Å². The highest BCUT2D eigenvalue weighted by atomic mass is 32.2. The van der Waals surface area contributed by atoms with Gasteiger partial charge in [0.15, 0.2) is 8.68 Å². The Morgan fingerprint density at radius 3 is 2.59 bits per heavy atom. The quantitative estimate of drug-likeness (QED) is 0.594. The zero-order valence-electron chi connectivity index (χ0n) is 15.8. The van der Waals surface area contributed by atoms with Crippen molar-refractivity contribution >= 4 is 52.1 Å². The van der Waals surface area contributed by atoms with Gasteiger partial charge in [0, 0.05) is 30.2 Å². The van der Waals surface area contributed by atoms with Crippen LogP contribution in [0.3, 0.4) is 0 Å². The van der Waals surface area contributed by atoms with Gasteiger partial charge in [-0.05, 0) is 56.9 Å². The number of nitrogens with zero attached hydrogens (tertiary/aromatic N) is 3. The van der Waals surface area contributed by atoms with Crippen molar-refractivity contribution < 1.29 is 4.79 Å². The molecule has 1 amide bonds. The molecule has 0 radical (unpaired) electrons. The minimum Gasteiger partial charge on any atom is -0.372 e. The van der Waals surface area contributed by atoms with Crippen molar-refractivity contribution in [1.29, 1.82) is 0 Å². The minimum atomic E-state index is -0.219. The molecule has 1 N–H and O–H groups in total. The SMILES string of the molecule is CCCSc1nnc(SC(C)C(=O)Nc2ccc(N3CCCCC3)cc2)s1. The van der Waals surface area contributed by atoms with Crippen LogP contribution in [0.4, 0.5) is 11.4 Å². The van der Waals surface area contributed by atoms with E-state index >= 15 is 0 Å². The van der Waals surface area contributed by atoms with E-state index in [0.29, 0.717) is 0 Å². The highest BCUT2D eigenvalue weighted by molar-refractivity contribution is 8.03. The molecule has 27 heavy (non-hydrogen) atoms. The fourth-order valence-electron chi connectivity index (χ4n) is 2.85. The van der Waals surface area contributed by atoms with Gasteiger partial charge in [-0.2, -0.15) is 0 Å². The second-order valence-electron chi connectivity index (χ2n) is 6.53. The molecule has 1 aliphatic rings. The zero-order chi connectivity index (χ0) is 19.1. The number of hydrogen-bond donors (Lipinski definition) is 1. The normalized spacial score (nSPS) is 15.6. The summed E-state index contributed by atoms with van der Waals surface area (Å²) in [6, 6.07) is 8.18. The summed E-state index contributed by atoms with van der Waals surface area (Å²) in [5, 5.41) is 11.2. The molecule has 0 spiro atoms. The fourth-order valence-corrected chi connectivity index (χ4v) is 5.94. The summed E-state index contributed by atoms with van der Waals surface area (Å²) in [7, 11) is 0. The number of thioether (sulfide) groups is 2. The highest BCUT2D eigenvalue weighted by Crippen LogP contribution is 2.32. The average molecular weight is 423 g/mol. The molecule has 1 aromatic carbocycles. The van der Waals surface area contributed by atoms with E-state index in [4.69, 9.17) is 0 Å². The van der Waals surface area contributed by atoms with Crippen LogP contribution in [-0.4, -0.2) is 40.2 Å². The van der Waals surface area contributed by atoms with E-state index in [1.165, 1.54) is 36.7 Å². The molecule has 1 saturated heterocycles. The van der Waals surface area contributed by atoms with Gasteiger partial charge >= 0.3 is 0 Å². The van der Waals surface area contributed by atoms with Crippen LogP contribution in [0.1, 0.15) is 39.5 Å². The molecule has 2 aromatic rings. The predicted molar refractivity (Wildman–Crippen MR) is 117 cm³/mol. The average Bonchev–Trinajstić information content (AvgIpc) is 3.15. The first-order chi connectivity index (χ1) is 13.2. The number of piperidine rings is 1. The molecule has 5 nitrogen and oxygen atoms in total. The molecular formula is C19H26N4OS3. The number of hydrogen-bond acceptors (Lipinski definition) is 7. The summed E-state index contributed by atoms with van der Waals surface area (Å²) >= 11 is 4.74. The van der Waals surface area contributed by atoms with Crippen molar-refractivity contribution in [3.05, 3.63) is 24.3 Å². The third kappa shape index (κ3) is 6.12. The lowest BCUT2D eigenvalue weighted by Gasteiger charge is -2.28. The maximum atomic E-state index is 12.5. The first-order valence-electron chi connectivity index (χ1n) is 9.44. The lowest BCUT2D eigenvalue weighted by atomic mass is 10.1. The summed E-state index contributed by atoms with van der Waals surface area (Å²) in [5.74, 6) is 1.03. The lowest BCUT2D eigenvalue weighted by molar-refractivity contribution is -0.115. The number of nitrogens with one attached hydrogen (secondary N) is 1. The van der Waals surface area contributed by atoms with Crippen molar-refractivity contribution in [2.45, 2.75) is 53.5 Å². The van der Waals surface area contributed by atoms with E-state index in [-0.39, 0.29) is 11.2 Å². The van der Waals surface area contributed by atoms with E-state index < -0.39 is 0 Å². The van der Waals surface area contributed by atoms with Crippen LogP contribution in [0.5, 0.6) is 0 Å². The third-order valence-electron chi connectivity index (χ3n) is 4.32. The van der Waals surface area contributed by atoms with Crippen LogP contribution in [0, 0.1) is 0 Å². The van der Waals surface area contributed by atoms with Gasteiger partial charge in [0.2, 0.25) is 5.91 Å². The Kier molecular flexibility index (Phi) is 7.84. The monoisotopic (exact) mass is 422 g/mol. The molecule has 3 rings (SSSR count). The number of anilines is 2. The van der Waals surface area contributed by atoms with Crippen LogP contribution in [-0.2, 0) is 4.79 Å². The Balaban J connectivity index is 1.50. The van der Waals surface area contributed by atoms with Crippen LogP contribution >= 0.6 is 34.9 Å². The number of carbonyl (C=O) groups excluding carboxylic acids is 1. The van der Waals surface area contributed by atoms with Gasteiger partial charge in [-0.1, -0.05) is 41.8 Å². The van der Waals surface area contributed by atoms with Gasteiger partial charge in [0.1, 0.15) is 0 Å². The van der Waals surface area contributed by atoms with Gasteiger partial charge in [0.05, 0.1) is 5.25 Å². The summed E-state index contributed by atoms with van der Waals surface area (Å²) in [5.41, 5.74) is 2.07. The van der Waals surface area contributed by atoms with Crippen molar-refractivity contribution in [3.8, 4) is 0 Å². The van der Waals surface area contributed by atoms with Gasteiger partial charge < -0.3 is 10.2 Å². The molecule has 0 bridgehead atoms. The second-order valence-corrected chi connectivity index (χ2v) is 10.4. The number of rotatable bonds is 8. The third-order valence-corrected chi connectivity index (χ3v) is 7.77. The number of amides is 1.